The zero-order valence-electron chi connectivity index (χ0n) is 10.7. The largest absolute Gasteiger partial charge is 0.366 e. The molecule has 0 fully saturated rings. The standard InChI is InChI=1S/C14H10N4O3/c15-8-10-7-12(18(20)21)4-5-13(10)17-11-3-1-2-9(6-11)14(16)19/h1-7,17H,(H2,16,19). The lowest BCUT2D eigenvalue weighted by Gasteiger charge is -2.09. The number of nitriles is 1. The highest BCUT2D eigenvalue weighted by Gasteiger charge is 2.11. The van der Waals surface area contributed by atoms with Crippen LogP contribution in [0.2, 0.25) is 0 Å². The van der Waals surface area contributed by atoms with Crippen molar-refractivity contribution in [1.82, 2.24) is 0 Å². The minimum absolute atomic E-state index is 0.133. The van der Waals surface area contributed by atoms with E-state index in [1.807, 2.05) is 6.07 Å². The monoisotopic (exact) mass is 282 g/mol. The molecule has 0 spiro atoms. The van der Waals surface area contributed by atoms with Gasteiger partial charge in [-0.2, -0.15) is 5.26 Å². The molecule has 0 atom stereocenters. The third-order valence-electron chi connectivity index (χ3n) is 2.76. The SMILES string of the molecule is N#Cc1cc([N+](=O)[O-])ccc1Nc1cccc(C(N)=O)c1. The normalized spacial score (nSPS) is 9.67. The maximum Gasteiger partial charge on any atom is 0.270 e. The van der Waals surface area contributed by atoms with E-state index in [9.17, 15) is 14.9 Å². The first-order valence-electron chi connectivity index (χ1n) is 5.86. The predicted molar refractivity (Wildman–Crippen MR) is 76.1 cm³/mol. The summed E-state index contributed by atoms with van der Waals surface area (Å²) in [4.78, 5) is 21.2. The molecule has 21 heavy (non-hydrogen) atoms. The van der Waals surface area contributed by atoms with E-state index in [1.54, 1.807) is 18.2 Å². The van der Waals surface area contributed by atoms with Gasteiger partial charge in [-0.05, 0) is 24.3 Å². The highest BCUT2D eigenvalue weighted by Crippen LogP contribution is 2.25. The van der Waals surface area contributed by atoms with Gasteiger partial charge in [0.05, 0.1) is 16.2 Å². The molecule has 2 rings (SSSR count). The quantitative estimate of drug-likeness (QED) is 0.658. The van der Waals surface area contributed by atoms with E-state index in [-0.39, 0.29) is 11.3 Å². The second-order valence-corrected chi connectivity index (χ2v) is 4.17. The molecule has 0 saturated carbocycles. The van der Waals surface area contributed by atoms with Crippen LogP contribution >= 0.6 is 0 Å². The van der Waals surface area contributed by atoms with Gasteiger partial charge in [-0.25, -0.2) is 0 Å². The Bertz CT molecular complexity index is 765. The number of hydrogen-bond acceptors (Lipinski definition) is 5. The first kappa shape index (κ1) is 14.0. The van der Waals surface area contributed by atoms with Gasteiger partial charge in [-0.1, -0.05) is 6.07 Å². The minimum atomic E-state index is -0.571. The van der Waals surface area contributed by atoms with Gasteiger partial charge >= 0.3 is 0 Å². The molecule has 2 aromatic carbocycles. The number of benzene rings is 2. The maximum atomic E-state index is 11.1. The second kappa shape index (κ2) is 5.71. The number of carbonyl (C=O) groups is 1. The minimum Gasteiger partial charge on any atom is -0.366 e. The molecule has 0 saturated heterocycles. The summed E-state index contributed by atoms with van der Waals surface area (Å²) >= 11 is 0. The Morgan fingerprint density at radius 1 is 1.29 bits per heavy atom. The first-order chi connectivity index (χ1) is 10.0. The number of anilines is 2. The van der Waals surface area contributed by atoms with Crippen LogP contribution in [-0.2, 0) is 0 Å². The molecule has 104 valence electrons. The highest BCUT2D eigenvalue weighted by atomic mass is 16.6. The lowest BCUT2D eigenvalue weighted by molar-refractivity contribution is -0.384. The smallest absolute Gasteiger partial charge is 0.270 e. The number of nitrogens with one attached hydrogen (secondary N) is 1. The number of nitro benzene ring substituents is 1. The number of amides is 1. The molecule has 0 aliphatic rings. The van der Waals surface area contributed by atoms with Crippen LogP contribution in [-0.4, -0.2) is 10.8 Å². The number of nitro groups is 1. The van der Waals surface area contributed by atoms with E-state index in [2.05, 4.69) is 5.32 Å². The van der Waals surface area contributed by atoms with Gasteiger partial charge in [0.25, 0.3) is 5.69 Å². The number of non-ortho nitro benzene ring substituents is 1. The van der Waals surface area contributed by atoms with Crippen molar-refractivity contribution in [3.63, 3.8) is 0 Å². The fraction of sp³-hybridized carbons (Fsp3) is 0. The average Bonchev–Trinajstić information content (AvgIpc) is 2.47. The Balaban J connectivity index is 2.36. The van der Waals surface area contributed by atoms with Crippen molar-refractivity contribution >= 4 is 23.0 Å². The molecular weight excluding hydrogens is 272 g/mol. The van der Waals surface area contributed by atoms with Crippen molar-refractivity contribution in [1.29, 1.82) is 5.26 Å². The van der Waals surface area contributed by atoms with Gasteiger partial charge in [0.1, 0.15) is 6.07 Å². The van der Waals surface area contributed by atoms with Gasteiger partial charge in [0.2, 0.25) is 5.91 Å². The fourth-order valence-electron chi connectivity index (χ4n) is 1.75. The number of nitrogens with two attached hydrogens (primary N) is 1. The van der Waals surface area contributed by atoms with E-state index in [1.165, 1.54) is 24.3 Å². The summed E-state index contributed by atoms with van der Waals surface area (Å²) in [6.45, 7) is 0. The van der Waals surface area contributed by atoms with Crippen LogP contribution in [0.25, 0.3) is 0 Å². The molecule has 1 amide bonds. The Morgan fingerprint density at radius 2 is 2.05 bits per heavy atom. The number of primary amides is 1. The molecule has 0 aromatic heterocycles. The van der Waals surface area contributed by atoms with Crippen LogP contribution in [0.1, 0.15) is 15.9 Å². The van der Waals surface area contributed by atoms with Gasteiger partial charge in [0.15, 0.2) is 0 Å². The fourth-order valence-corrected chi connectivity index (χ4v) is 1.75. The van der Waals surface area contributed by atoms with Crippen molar-refractivity contribution in [2.75, 3.05) is 5.32 Å². The first-order valence-corrected chi connectivity index (χ1v) is 5.86. The molecule has 0 unspecified atom stereocenters. The molecule has 0 aliphatic carbocycles. The van der Waals surface area contributed by atoms with Crippen LogP contribution in [0.3, 0.4) is 0 Å². The Morgan fingerprint density at radius 3 is 2.67 bits per heavy atom. The topological polar surface area (TPSA) is 122 Å². The van der Waals surface area contributed by atoms with Gasteiger partial charge in [-0.15, -0.1) is 0 Å². The van der Waals surface area contributed by atoms with E-state index in [0.29, 0.717) is 16.9 Å². The van der Waals surface area contributed by atoms with Crippen LogP contribution in [0.15, 0.2) is 42.5 Å². The molecule has 7 nitrogen and oxygen atoms in total. The van der Waals surface area contributed by atoms with Crippen molar-refractivity contribution in [2.24, 2.45) is 5.73 Å². The average molecular weight is 282 g/mol. The lowest BCUT2D eigenvalue weighted by atomic mass is 10.1. The zero-order chi connectivity index (χ0) is 15.4. The summed E-state index contributed by atoms with van der Waals surface area (Å²) in [5, 5.41) is 22.7. The van der Waals surface area contributed by atoms with Crippen LogP contribution < -0.4 is 11.1 Å². The van der Waals surface area contributed by atoms with Crippen LogP contribution in [0.4, 0.5) is 17.1 Å². The van der Waals surface area contributed by atoms with Gasteiger partial charge in [0, 0.05) is 23.4 Å². The summed E-state index contributed by atoms with van der Waals surface area (Å²) < 4.78 is 0. The maximum absolute atomic E-state index is 11.1. The number of hydrogen-bond donors (Lipinski definition) is 2. The predicted octanol–water partition coefficient (Wildman–Crippen LogP) is 2.31. The molecule has 3 N–H and O–H groups in total. The Kier molecular flexibility index (Phi) is 3.81. The molecule has 2 aromatic rings. The van der Waals surface area contributed by atoms with E-state index in [0.717, 1.165) is 0 Å². The number of rotatable bonds is 4. The van der Waals surface area contributed by atoms with Crippen molar-refractivity contribution in [2.45, 2.75) is 0 Å². The molecule has 0 heterocycles. The van der Waals surface area contributed by atoms with E-state index < -0.39 is 10.8 Å². The molecule has 0 aliphatic heterocycles. The third-order valence-corrected chi connectivity index (χ3v) is 2.76. The Labute approximate surface area is 119 Å². The summed E-state index contributed by atoms with van der Waals surface area (Å²) in [7, 11) is 0. The second-order valence-electron chi connectivity index (χ2n) is 4.17. The summed E-state index contributed by atoms with van der Waals surface area (Å²) in [5.74, 6) is -0.567. The molecule has 0 radical (unpaired) electrons. The third kappa shape index (κ3) is 3.13. The Hall–Kier alpha value is -3.40. The lowest BCUT2D eigenvalue weighted by Crippen LogP contribution is -2.10. The zero-order valence-corrected chi connectivity index (χ0v) is 10.7. The van der Waals surface area contributed by atoms with Gasteiger partial charge < -0.3 is 11.1 Å². The summed E-state index contributed by atoms with van der Waals surface area (Å²) in [5.41, 5.74) is 6.44. The van der Waals surface area contributed by atoms with E-state index >= 15 is 0 Å². The van der Waals surface area contributed by atoms with Crippen molar-refractivity contribution < 1.29 is 9.72 Å². The van der Waals surface area contributed by atoms with Crippen molar-refractivity contribution in [3.8, 4) is 6.07 Å². The van der Waals surface area contributed by atoms with Crippen LogP contribution in [0, 0.1) is 21.4 Å². The summed E-state index contributed by atoms with van der Waals surface area (Å²) in [6.07, 6.45) is 0. The molecule has 7 heteroatoms. The highest BCUT2D eigenvalue weighted by molar-refractivity contribution is 5.94. The molecular formula is C14H10N4O3. The number of nitrogens with zero attached hydrogens (tertiary/aromatic N) is 2. The number of carbonyl (C=O) groups excluding carboxylic acids is 1. The van der Waals surface area contributed by atoms with Gasteiger partial charge in [-0.3, -0.25) is 14.9 Å². The molecule has 0 bridgehead atoms. The van der Waals surface area contributed by atoms with E-state index in [4.69, 9.17) is 11.0 Å². The van der Waals surface area contributed by atoms with Crippen molar-refractivity contribution in [3.05, 3.63) is 63.7 Å². The van der Waals surface area contributed by atoms with Crippen LogP contribution in [0.5, 0.6) is 0 Å². The summed E-state index contributed by atoms with van der Waals surface area (Å²) in [6, 6.07) is 12.2.